The van der Waals surface area contributed by atoms with Gasteiger partial charge in [-0.2, -0.15) is 5.26 Å². The summed E-state index contributed by atoms with van der Waals surface area (Å²) in [6.07, 6.45) is 2.73. The average Bonchev–Trinajstić information content (AvgIpc) is 2.53. The number of nitrogens with zero attached hydrogens (tertiary/aromatic N) is 5. The van der Waals surface area contributed by atoms with Crippen molar-refractivity contribution in [2.75, 3.05) is 13.1 Å². The van der Waals surface area contributed by atoms with Crippen LogP contribution in [0.1, 0.15) is 26.5 Å². The SMILES string of the molecule is CC(C)(C)OC(=O)N1CC(C#N)(c2ncccc2-c2ccnc(Cl)n2)C1. The molecule has 0 unspecified atom stereocenters. The highest BCUT2D eigenvalue weighted by Gasteiger charge is 2.50. The summed E-state index contributed by atoms with van der Waals surface area (Å²) in [7, 11) is 0. The van der Waals surface area contributed by atoms with Crippen LogP contribution < -0.4 is 0 Å². The quantitative estimate of drug-likeness (QED) is 0.752. The molecule has 0 aromatic carbocycles. The van der Waals surface area contributed by atoms with Crippen LogP contribution in [0.15, 0.2) is 30.6 Å². The van der Waals surface area contributed by atoms with Crippen LogP contribution >= 0.6 is 11.6 Å². The standard InChI is InChI=1S/C18H18ClN5O2/c1-17(2,3)26-16(25)24-10-18(9-20,11-24)14-12(5-4-7-21-14)13-6-8-22-15(19)23-13/h4-8H,10-11H2,1-3H3. The van der Waals surface area contributed by atoms with Gasteiger partial charge in [0.05, 0.1) is 30.5 Å². The molecule has 1 aliphatic rings. The fourth-order valence-electron chi connectivity index (χ4n) is 2.81. The molecule has 1 fully saturated rings. The molecule has 26 heavy (non-hydrogen) atoms. The van der Waals surface area contributed by atoms with Crippen LogP contribution in [0.3, 0.4) is 0 Å². The molecule has 7 nitrogen and oxygen atoms in total. The van der Waals surface area contributed by atoms with Crippen molar-refractivity contribution in [3.8, 4) is 17.3 Å². The van der Waals surface area contributed by atoms with E-state index in [0.29, 0.717) is 17.0 Å². The first-order valence-corrected chi connectivity index (χ1v) is 8.45. The number of carbonyl (C=O) groups excluding carboxylic acids is 1. The van der Waals surface area contributed by atoms with Gasteiger partial charge in [0.15, 0.2) is 0 Å². The Morgan fingerprint density at radius 3 is 2.65 bits per heavy atom. The third-order valence-corrected chi connectivity index (χ3v) is 4.13. The molecule has 2 aromatic heterocycles. The fraction of sp³-hybridized carbons (Fsp3) is 0.389. The number of ether oxygens (including phenoxy) is 1. The second-order valence-corrected chi connectivity index (χ2v) is 7.48. The van der Waals surface area contributed by atoms with Gasteiger partial charge >= 0.3 is 6.09 Å². The minimum absolute atomic E-state index is 0.118. The van der Waals surface area contributed by atoms with E-state index in [-0.39, 0.29) is 18.4 Å². The van der Waals surface area contributed by atoms with Crippen molar-refractivity contribution in [1.82, 2.24) is 19.9 Å². The number of nitriles is 1. The summed E-state index contributed by atoms with van der Waals surface area (Å²) in [5, 5.41) is 9.94. The number of hydrogen-bond acceptors (Lipinski definition) is 6. The third kappa shape index (κ3) is 3.46. The Balaban J connectivity index is 1.90. The van der Waals surface area contributed by atoms with Crippen LogP contribution in [-0.4, -0.2) is 44.6 Å². The summed E-state index contributed by atoms with van der Waals surface area (Å²) >= 11 is 5.89. The minimum atomic E-state index is -0.912. The van der Waals surface area contributed by atoms with Crippen molar-refractivity contribution in [3.05, 3.63) is 41.6 Å². The zero-order valence-corrected chi connectivity index (χ0v) is 15.5. The van der Waals surface area contributed by atoms with Gasteiger partial charge in [0, 0.05) is 18.0 Å². The van der Waals surface area contributed by atoms with E-state index in [1.165, 1.54) is 4.90 Å². The van der Waals surface area contributed by atoms with E-state index in [0.717, 1.165) is 0 Å². The van der Waals surface area contributed by atoms with Crippen LogP contribution in [0.5, 0.6) is 0 Å². The zero-order valence-electron chi connectivity index (χ0n) is 14.7. The lowest BCUT2D eigenvalue weighted by atomic mass is 9.76. The molecule has 0 aliphatic carbocycles. The molecule has 0 atom stereocenters. The molecule has 1 saturated heterocycles. The molecule has 8 heteroatoms. The van der Waals surface area contributed by atoms with Gasteiger partial charge in [0.2, 0.25) is 5.28 Å². The monoisotopic (exact) mass is 371 g/mol. The predicted molar refractivity (Wildman–Crippen MR) is 95.4 cm³/mol. The number of halogens is 1. The molecule has 3 heterocycles. The van der Waals surface area contributed by atoms with Crippen LogP contribution in [0.25, 0.3) is 11.3 Å². The lowest BCUT2D eigenvalue weighted by Crippen LogP contribution is -2.61. The smallest absolute Gasteiger partial charge is 0.410 e. The number of hydrogen-bond donors (Lipinski definition) is 0. The topological polar surface area (TPSA) is 92.0 Å². The van der Waals surface area contributed by atoms with Crippen molar-refractivity contribution in [2.24, 2.45) is 0 Å². The van der Waals surface area contributed by atoms with E-state index >= 15 is 0 Å². The number of likely N-dealkylation sites (tertiary alicyclic amines) is 1. The zero-order chi connectivity index (χ0) is 18.9. The van der Waals surface area contributed by atoms with Crippen molar-refractivity contribution < 1.29 is 9.53 Å². The highest BCUT2D eigenvalue weighted by Crippen LogP contribution is 2.38. The molecular formula is C18H18ClN5O2. The maximum absolute atomic E-state index is 12.2. The Morgan fingerprint density at radius 2 is 2.04 bits per heavy atom. The van der Waals surface area contributed by atoms with Crippen molar-refractivity contribution in [2.45, 2.75) is 31.8 Å². The van der Waals surface area contributed by atoms with Gasteiger partial charge in [0.25, 0.3) is 0 Å². The number of rotatable bonds is 2. The van der Waals surface area contributed by atoms with Crippen molar-refractivity contribution in [1.29, 1.82) is 5.26 Å². The fourth-order valence-corrected chi connectivity index (χ4v) is 2.96. The molecular weight excluding hydrogens is 354 g/mol. The summed E-state index contributed by atoms with van der Waals surface area (Å²) < 4.78 is 5.37. The molecule has 1 aliphatic heterocycles. The van der Waals surface area contributed by atoms with Gasteiger partial charge in [0.1, 0.15) is 11.0 Å². The Labute approximate surface area is 156 Å². The number of carbonyl (C=O) groups is 1. The highest BCUT2D eigenvalue weighted by molar-refractivity contribution is 6.28. The molecule has 3 rings (SSSR count). The summed E-state index contributed by atoms with van der Waals surface area (Å²) in [6.45, 7) is 5.83. The maximum atomic E-state index is 12.2. The lowest BCUT2D eigenvalue weighted by molar-refractivity contribution is -0.000923. The van der Waals surface area contributed by atoms with Gasteiger partial charge in [-0.25, -0.2) is 14.8 Å². The number of pyridine rings is 1. The molecule has 0 radical (unpaired) electrons. The van der Waals surface area contributed by atoms with Crippen molar-refractivity contribution >= 4 is 17.7 Å². The van der Waals surface area contributed by atoms with Crippen LogP contribution in [0.2, 0.25) is 5.28 Å². The van der Waals surface area contributed by atoms with Gasteiger partial charge in [-0.05, 0) is 50.6 Å². The first-order chi connectivity index (χ1) is 12.2. The Hall–Kier alpha value is -2.72. The van der Waals surface area contributed by atoms with Gasteiger partial charge in [-0.1, -0.05) is 0 Å². The first-order valence-electron chi connectivity index (χ1n) is 8.08. The lowest BCUT2D eigenvalue weighted by Gasteiger charge is -2.45. The van der Waals surface area contributed by atoms with E-state index in [9.17, 15) is 10.1 Å². The third-order valence-electron chi connectivity index (χ3n) is 3.95. The van der Waals surface area contributed by atoms with Gasteiger partial charge in [-0.15, -0.1) is 0 Å². The molecule has 0 saturated carbocycles. The second-order valence-electron chi connectivity index (χ2n) is 7.14. The van der Waals surface area contributed by atoms with E-state index in [1.807, 2.05) is 6.07 Å². The van der Waals surface area contributed by atoms with E-state index in [2.05, 4.69) is 21.0 Å². The van der Waals surface area contributed by atoms with Gasteiger partial charge in [-0.3, -0.25) is 4.98 Å². The molecule has 2 aromatic rings. The van der Waals surface area contributed by atoms with E-state index in [1.54, 1.807) is 45.3 Å². The molecule has 1 amide bonds. The average molecular weight is 372 g/mol. The van der Waals surface area contributed by atoms with Gasteiger partial charge < -0.3 is 9.64 Å². The van der Waals surface area contributed by atoms with E-state index < -0.39 is 17.1 Å². The number of aromatic nitrogens is 3. The molecule has 0 N–H and O–H groups in total. The van der Waals surface area contributed by atoms with Crippen LogP contribution in [0.4, 0.5) is 4.79 Å². The van der Waals surface area contributed by atoms with E-state index in [4.69, 9.17) is 16.3 Å². The minimum Gasteiger partial charge on any atom is -0.444 e. The summed E-state index contributed by atoms with van der Waals surface area (Å²) in [4.78, 5) is 26.2. The molecule has 0 bridgehead atoms. The Kier molecular flexibility index (Phi) is 4.55. The largest absolute Gasteiger partial charge is 0.444 e. The Morgan fingerprint density at radius 1 is 1.31 bits per heavy atom. The molecule has 134 valence electrons. The Bertz CT molecular complexity index is 882. The summed E-state index contributed by atoms with van der Waals surface area (Å²) in [5.41, 5.74) is 0.346. The van der Waals surface area contributed by atoms with Crippen LogP contribution in [0, 0.1) is 11.3 Å². The van der Waals surface area contributed by atoms with Crippen LogP contribution in [-0.2, 0) is 10.2 Å². The summed E-state index contributed by atoms with van der Waals surface area (Å²) in [5.74, 6) is 0. The molecule has 0 spiro atoms. The highest BCUT2D eigenvalue weighted by atomic mass is 35.5. The normalized spacial score (nSPS) is 15.7. The first kappa shape index (κ1) is 18.1. The summed E-state index contributed by atoms with van der Waals surface area (Å²) in [6, 6.07) is 7.62. The number of amides is 1. The van der Waals surface area contributed by atoms with Crippen molar-refractivity contribution in [3.63, 3.8) is 0 Å². The predicted octanol–water partition coefficient (Wildman–Crippen LogP) is 3.20. The second kappa shape index (κ2) is 6.54. The maximum Gasteiger partial charge on any atom is 0.410 e.